The summed E-state index contributed by atoms with van der Waals surface area (Å²) < 4.78 is 12.4. The highest BCUT2D eigenvalue weighted by atomic mass is 79.9. The molecule has 5 heteroatoms. The number of ether oxygens (including phenoxy) is 1. The molecule has 0 aliphatic carbocycles. The molecule has 0 spiro atoms. The molecular formula is C21H30BrNO2Si. The summed E-state index contributed by atoms with van der Waals surface area (Å²) in [5, 5.41) is 0.904. The molecule has 3 nitrogen and oxygen atoms in total. The predicted octanol–water partition coefficient (Wildman–Crippen LogP) is 6.31. The summed E-state index contributed by atoms with van der Waals surface area (Å²) in [6.45, 7) is 11.8. The first kappa shape index (κ1) is 21.0. The van der Waals surface area contributed by atoms with Crippen LogP contribution in [0.15, 0.2) is 48.5 Å². The zero-order valence-corrected chi connectivity index (χ0v) is 19.0. The number of rotatable bonds is 7. The molecule has 2 rings (SSSR count). The Bertz CT molecular complexity index is 714. The molecule has 0 aliphatic heterocycles. The first-order valence-electron chi connectivity index (χ1n) is 8.94. The van der Waals surface area contributed by atoms with E-state index in [0.717, 1.165) is 16.5 Å². The van der Waals surface area contributed by atoms with Crippen molar-refractivity contribution < 1.29 is 9.16 Å². The minimum Gasteiger partial charge on any atom is -0.487 e. The molecule has 0 amide bonds. The smallest absolute Gasteiger partial charge is 0.192 e. The molecule has 0 fully saturated rings. The third-order valence-corrected chi connectivity index (χ3v) is 10.1. The third-order valence-electron chi connectivity index (χ3n) is 5.03. The lowest BCUT2D eigenvalue weighted by molar-refractivity contribution is 0.208. The maximum atomic E-state index is 6.56. The van der Waals surface area contributed by atoms with Gasteiger partial charge >= 0.3 is 0 Å². The summed E-state index contributed by atoms with van der Waals surface area (Å²) in [4.78, 5) is 0. The van der Waals surface area contributed by atoms with Crippen molar-refractivity contribution in [3.05, 3.63) is 59.7 Å². The Morgan fingerprint density at radius 3 is 2.27 bits per heavy atom. The van der Waals surface area contributed by atoms with Crippen molar-refractivity contribution in [1.29, 1.82) is 0 Å². The van der Waals surface area contributed by atoms with E-state index in [0.29, 0.717) is 18.0 Å². The van der Waals surface area contributed by atoms with Crippen LogP contribution in [0.3, 0.4) is 0 Å². The van der Waals surface area contributed by atoms with E-state index < -0.39 is 8.32 Å². The fraction of sp³-hybridized carbons (Fsp3) is 0.429. The third kappa shape index (κ3) is 5.35. The van der Waals surface area contributed by atoms with E-state index in [2.05, 4.69) is 55.9 Å². The number of nitrogen functional groups attached to an aromatic ring is 1. The van der Waals surface area contributed by atoms with Gasteiger partial charge in [-0.15, -0.1) is 0 Å². The number of hydrogen-bond acceptors (Lipinski definition) is 3. The van der Waals surface area contributed by atoms with Crippen LogP contribution in [0.25, 0.3) is 0 Å². The fourth-order valence-corrected chi connectivity index (χ4v) is 4.39. The lowest BCUT2D eigenvalue weighted by Crippen LogP contribution is -2.42. The second-order valence-corrected chi connectivity index (χ2v) is 13.5. The van der Waals surface area contributed by atoms with Gasteiger partial charge in [0, 0.05) is 5.33 Å². The van der Waals surface area contributed by atoms with Crippen LogP contribution in [0, 0.1) is 0 Å². The Morgan fingerprint density at radius 1 is 1.08 bits per heavy atom. The van der Waals surface area contributed by atoms with Crippen molar-refractivity contribution in [3.8, 4) is 5.75 Å². The van der Waals surface area contributed by atoms with Crippen molar-refractivity contribution in [2.45, 2.75) is 51.6 Å². The highest BCUT2D eigenvalue weighted by Gasteiger charge is 2.39. The topological polar surface area (TPSA) is 44.5 Å². The summed E-state index contributed by atoms with van der Waals surface area (Å²) in [7, 11) is -1.86. The molecular weight excluding hydrogens is 406 g/mol. The van der Waals surface area contributed by atoms with E-state index in [9.17, 15) is 0 Å². The van der Waals surface area contributed by atoms with Crippen LogP contribution in [0.5, 0.6) is 5.75 Å². The maximum absolute atomic E-state index is 6.56. The van der Waals surface area contributed by atoms with E-state index in [4.69, 9.17) is 14.9 Å². The molecule has 0 saturated heterocycles. The minimum atomic E-state index is -1.86. The van der Waals surface area contributed by atoms with Crippen LogP contribution in [-0.4, -0.2) is 13.6 Å². The normalized spacial score (nSPS) is 13.5. The van der Waals surface area contributed by atoms with Gasteiger partial charge in [0.2, 0.25) is 0 Å². The van der Waals surface area contributed by atoms with Gasteiger partial charge in [-0.2, -0.15) is 0 Å². The molecule has 2 aromatic carbocycles. The summed E-state index contributed by atoms with van der Waals surface area (Å²) in [6.07, 6.45) is -0.0126. The van der Waals surface area contributed by atoms with Crippen LogP contribution in [0.4, 0.5) is 5.69 Å². The second-order valence-electron chi connectivity index (χ2n) is 8.09. The number of nitrogens with two attached hydrogens (primary N) is 1. The van der Waals surface area contributed by atoms with Crippen LogP contribution >= 0.6 is 15.9 Å². The fourth-order valence-electron chi connectivity index (χ4n) is 2.36. The molecule has 2 aromatic rings. The van der Waals surface area contributed by atoms with Crippen LogP contribution < -0.4 is 10.5 Å². The highest BCUT2D eigenvalue weighted by molar-refractivity contribution is 9.09. The molecule has 0 aliphatic rings. The minimum absolute atomic E-state index is 0.0126. The number of benzene rings is 2. The van der Waals surface area contributed by atoms with Gasteiger partial charge in [-0.25, -0.2) is 0 Å². The van der Waals surface area contributed by atoms with Gasteiger partial charge < -0.3 is 14.9 Å². The molecule has 0 bridgehead atoms. The molecule has 26 heavy (non-hydrogen) atoms. The average Bonchev–Trinajstić information content (AvgIpc) is 2.58. The molecule has 0 heterocycles. The molecule has 0 aromatic heterocycles. The van der Waals surface area contributed by atoms with Gasteiger partial charge in [0.25, 0.3) is 0 Å². The Morgan fingerprint density at radius 2 is 1.73 bits per heavy atom. The number of anilines is 1. The van der Waals surface area contributed by atoms with Crippen LogP contribution in [0.2, 0.25) is 18.1 Å². The standard InChI is InChI=1S/C21H30BrNO2Si/c1-21(2,3)26(4,5)25-20(14-22)17-11-12-19(18(23)13-17)24-15-16-9-7-6-8-10-16/h6-13,20H,14-15,23H2,1-5H3/t20-/m0/s1. The van der Waals surface area contributed by atoms with E-state index in [1.807, 2.05) is 42.5 Å². The Hall–Kier alpha value is -1.30. The van der Waals surface area contributed by atoms with Gasteiger partial charge in [-0.05, 0) is 41.4 Å². The molecule has 0 unspecified atom stereocenters. The average molecular weight is 436 g/mol. The quantitative estimate of drug-likeness (QED) is 0.314. The van der Waals surface area contributed by atoms with Crippen LogP contribution in [-0.2, 0) is 11.0 Å². The first-order valence-corrected chi connectivity index (χ1v) is 13.0. The van der Waals surface area contributed by atoms with Gasteiger partial charge in [0.05, 0.1) is 11.8 Å². The van der Waals surface area contributed by atoms with Crippen molar-refractivity contribution in [1.82, 2.24) is 0 Å². The van der Waals surface area contributed by atoms with E-state index in [1.54, 1.807) is 0 Å². The first-order chi connectivity index (χ1) is 12.1. The van der Waals surface area contributed by atoms with E-state index in [-0.39, 0.29) is 11.1 Å². The van der Waals surface area contributed by atoms with Crippen LogP contribution in [0.1, 0.15) is 38.0 Å². The van der Waals surface area contributed by atoms with Gasteiger partial charge in [0.1, 0.15) is 12.4 Å². The monoisotopic (exact) mass is 435 g/mol. The summed E-state index contributed by atoms with van der Waals surface area (Å²) in [5.74, 6) is 0.707. The van der Waals surface area contributed by atoms with Gasteiger partial charge in [-0.3, -0.25) is 0 Å². The van der Waals surface area contributed by atoms with Crippen molar-refractivity contribution in [2.24, 2.45) is 0 Å². The zero-order chi connectivity index (χ0) is 19.4. The Kier molecular flexibility index (Phi) is 6.94. The summed E-state index contributed by atoms with van der Waals surface area (Å²) in [5.41, 5.74) is 9.09. The molecule has 0 radical (unpaired) electrons. The van der Waals surface area contributed by atoms with Crippen molar-refractivity contribution in [3.63, 3.8) is 0 Å². The Balaban J connectivity index is 2.11. The number of hydrogen-bond donors (Lipinski definition) is 1. The summed E-state index contributed by atoms with van der Waals surface area (Å²) >= 11 is 3.60. The predicted molar refractivity (Wildman–Crippen MR) is 116 cm³/mol. The SMILES string of the molecule is CC(C)(C)[Si](C)(C)O[C@@H](CBr)c1ccc(OCc2ccccc2)c(N)c1. The van der Waals surface area contributed by atoms with Gasteiger partial charge in [-0.1, -0.05) is 73.1 Å². The molecule has 0 saturated carbocycles. The zero-order valence-electron chi connectivity index (χ0n) is 16.4. The number of alkyl halides is 1. The lowest BCUT2D eigenvalue weighted by atomic mass is 10.1. The largest absolute Gasteiger partial charge is 0.487 e. The van der Waals surface area contributed by atoms with E-state index in [1.165, 1.54) is 0 Å². The van der Waals surface area contributed by atoms with Crippen molar-refractivity contribution in [2.75, 3.05) is 11.1 Å². The maximum Gasteiger partial charge on any atom is 0.192 e. The second kappa shape index (κ2) is 8.59. The molecule has 142 valence electrons. The summed E-state index contributed by atoms with van der Waals surface area (Å²) in [6, 6.07) is 16.0. The van der Waals surface area contributed by atoms with Crippen molar-refractivity contribution >= 4 is 29.9 Å². The molecule has 1 atom stereocenters. The highest BCUT2D eigenvalue weighted by Crippen LogP contribution is 2.40. The lowest BCUT2D eigenvalue weighted by Gasteiger charge is -2.39. The molecule has 2 N–H and O–H groups in total. The van der Waals surface area contributed by atoms with Gasteiger partial charge in [0.15, 0.2) is 8.32 Å². The van der Waals surface area contributed by atoms with E-state index >= 15 is 0 Å². The Labute approximate surface area is 167 Å². The number of halogens is 1.